The summed E-state index contributed by atoms with van der Waals surface area (Å²) in [5.74, 6) is -0.823. The smallest absolute Gasteiger partial charge is 0.276 e. The van der Waals surface area contributed by atoms with Crippen LogP contribution in [0.3, 0.4) is 0 Å². The summed E-state index contributed by atoms with van der Waals surface area (Å²) in [5.41, 5.74) is 1.24. The van der Waals surface area contributed by atoms with Gasteiger partial charge in [-0.2, -0.15) is 0 Å². The first-order valence-corrected chi connectivity index (χ1v) is 8.50. The lowest BCUT2D eigenvalue weighted by Crippen LogP contribution is -2.31. The van der Waals surface area contributed by atoms with Gasteiger partial charge in [0.25, 0.3) is 11.6 Å². The summed E-state index contributed by atoms with van der Waals surface area (Å²) < 4.78 is 15.4. The van der Waals surface area contributed by atoms with Crippen LogP contribution in [0.5, 0.6) is 0 Å². The zero-order chi connectivity index (χ0) is 20.4. The van der Waals surface area contributed by atoms with E-state index in [4.69, 9.17) is 0 Å². The van der Waals surface area contributed by atoms with Gasteiger partial charge >= 0.3 is 0 Å². The van der Waals surface area contributed by atoms with Crippen molar-refractivity contribution < 1.29 is 14.1 Å². The number of carbonyl (C=O) groups excluding carboxylic acids is 1. The van der Waals surface area contributed by atoms with Gasteiger partial charge < -0.3 is 4.90 Å². The van der Waals surface area contributed by atoms with Gasteiger partial charge in [-0.25, -0.2) is 9.07 Å². The number of nitro groups is 1. The molecule has 0 aliphatic carbocycles. The standard InChI is InChI=1S/C19H18FN5O3/c1-12(16-9-4-5-10-17(16)20)23(3)19(26)18-13(2)24(22-21-18)14-7-6-8-15(11-14)25(27)28/h4-12H,1-3H3. The molecule has 3 rings (SSSR count). The largest absolute Gasteiger partial charge is 0.333 e. The lowest BCUT2D eigenvalue weighted by atomic mass is 10.1. The van der Waals surface area contributed by atoms with Crippen LogP contribution in [-0.2, 0) is 0 Å². The minimum absolute atomic E-state index is 0.0921. The SMILES string of the molecule is Cc1c(C(=O)N(C)C(C)c2ccccc2F)nnn1-c1cccc([N+](=O)[O-])c1. The molecule has 9 heteroatoms. The van der Waals surface area contributed by atoms with Crippen molar-refractivity contribution >= 4 is 11.6 Å². The molecule has 1 unspecified atom stereocenters. The van der Waals surface area contributed by atoms with Gasteiger partial charge in [0.05, 0.1) is 22.3 Å². The molecule has 0 spiro atoms. The second kappa shape index (κ2) is 7.55. The minimum atomic E-state index is -0.518. The number of rotatable bonds is 5. The van der Waals surface area contributed by atoms with Crippen LogP contribution in [0.25, 0.3) is 5.69 Å². The van der Waals surface area contributed by atoms with Crippen LogP contribution in [0, 0.1) is 22.9 Å². The maximum Gasteiger partial charge on any atom is 0.276 e. The van der Waals surface area contributed by atoms with Gasteiger partial charge in [-0.1, -0.05) is 29.5 Å². The third kappa shape index (κ3) is 3.46. The van der Waals surface area contributed by atoms with E-state index in [1.165, 1.54) is 33.8 Å². The topological polar surface area (TPSA) is 94.2 Å². The fourth-order valence-corrected chi connectivity index (χ4v) is 2.88. The van der Waals surface area contributed by atoms with Crippen molar-refractivity contribution in [2.75, 3.05) is 7.05 Å². The number of amides is 1. The zero-order valence-electron chi connectivity index (χ0n) is 15.5. The molecular formula is C19H18FN5O3. The predicted molar refractivity (Wildman–Crippen MR) is 99.7 cm³/mol. The van der Waals surface area contributed by atoms with Crippen LogP contribution < -0.4 is 0 Å². The van der Waals surface area contributed by atoms with Gasteiger partial charge in [0.1, 0.15) is 5.82 Å². The van der Waals surface area contributed by atoms with Gasteiger partial charge in [0.15, 0.2) is 5.69 Å². The lowest BCUT2D eigenvalue weighted by molar-refractivity contribution is -0.384. The molecule has 0 fully saturated rings. The molecule has 1 atom stereocenters. The molecule has 1 heterocycles. The van der Waals surface area contributed by atoms with Crippen LogP contribution in [0.4, 0.5) is 10.1 Å². The fraction of sp³-hybridized carbons (Fsp3) is 0.211. The van der Waals surface area contributed by atoms with Gasteiger partial charge in [-0.05, 0) is 26.0 Å². The van der Waals surface area contributed by atoms with E-state index in [0.29, 0.717) is 16.9 Å². The van der Waals surface area contributed by atoms with Crippen LogP contribution in [0.15, 0.2) is 48.5 Å². The fourth-order valence-electron chi connectivity index (χ4n) is 2.88. The summed E-state index contributed by atoms with van der Waals surface area (Å²) in [7, 11) is 1.56. The molecule has 28 heavy (non-hydrogen) atoms. The minimum Gasteiger partial charge on any atom is -0.333 e. The number of benzene rings is 2. The van der Waals surface area contributed by atoms with Crippen LogP contribution in [-0.4, -0.2) is 37.8 Å². The molecule has 0 radical (unpaired) electrons. The van der Waals surface area contributed by atoms with Crippen molar-refractivity contribution in [3.63, 3.8) is 0 Å². The quantitative estimate of drug-likeness (QED) is 0.497. The summed E-state index contributed by atoms with van der Waals surface area (Å²) in [6.07, 6.45) is 0. The van der Waals surface area contributed by atoms with Gasteiger partial charge in [0, 0.05) is 24.7 Å². The molecule has 0 saturated carbocycles. The average molecular weight is 383 g/mol. The van der Waals surface area contributed by atoms with Crippen molar-refractivity contribution in [3.8, 4) is 5.69 Å². The maximum atomic E-state index is 14.0. The number of nitrogens with zero attached hydrogens (tertiary/aromatic N) is 5. The highest BCUT2D eigenvalue weighted by molar-refractivity contribution is 5.93. The Kier molecular flexibility index (Phi) is 5.16. The molecule has 2 aromatic carbocycles. The van der Waals surface area contributed by atoms with Crippen molar-refractivity contribution in [1.29, 1.82) is 0 Å². The van der Waals surface area contributed by atoms with Crippen molar-refractivity contribution in [2.24, 2.45) is 0 Å². The number of carbonyl (C=O) groups is 1. The Bertz CT molecular complexity index is 1050. The Morgan fingerprint density at radius 1 is 1.25 bits per heavy atom. The predicted octanol–water partition coefficient (Wildman–Crippen LogP) is 3.46. The second-order valence-electron chi connectivity index (χ2n) is 6.33. The van der Waals surface area contributed by atoms with E-state index in [1.54, 1.807) is 45.2 Å². The Labute approximate surface area is 160 Å². The summed E-state index contributed by atoms with van der Waals surface area (Å²) in [4.78, 5) is 24.7. The zero-order valence-corrected chi connectivity index (χ0v) is 15.5. The highest BCUT2D eigenvalue weighted by Crippen LogP contribution is 2.24. The molecule has 0 N–H and O–H groups in total. The third-order valence-electron chi connectivity index (χ3n) is 4.64. The summed E-state index contributed by atoms with van der Waals surface area (Å²) in [6, 6.07) is 11.6. The molecule has 1 amide bonds. The Balaban J connectivity index is 1.91. The normalized spacial score (nSPS) is 11.9. The van der Waals surface area contributed by atoms with E-state index in [2.05, 4.69) is 10.3 Å². The highest BCUT2D eigenvalue weighted by Gasteiger charge is 2.26. The molecule has 0 bridgehead atoms. The molecule has 1 aromatic heterocycles. The number of nitro benzene ring substituents is 1. The molecule has 0 aliphatic rings. The molecule has 144 valence electrons. The van der Waals surface area contributed by atoms with Crippen molar-refractivity contribution in [2.45, 2.75) is 19.9 Å². The molecule has 3 aromatic rings. The number of non-ortho nitro benzene ring substituents is 1. The number of halogens is 1. The Hall–Kier alpha value is -3.62. The summed E-state index contributed by atoms with van der Waals surface area (Å²) in [5, 5.41) is 18.9. The van der Waals surface area contributed by atoms with Crippen LogP contribution >= 0.6 is 0 Å². The monoisotopic (exact) mass is 383 g/mol. The Morgan fingerprint density at radius 3 is 2.64 bits per heavy atom. The van der Waals surface area contributed by atoms with Crippen LogP contribution in [0.2, 0.25) is 0 Å². The number of hydrogen-bond acceptors (Lipinski definition) is 5. The first kappa shape index (κ1) is 19.2. The van der Waals surface area contributed by atoms with E-state index < -0.39 is 22.7 Å². The molecule has 0 saturated heterocycles. The van der Waals surface area contributed by atoms with E-state index >= 15 is 0 Å². The Morgan fingerprint density at radius 2 is 1.96 bits per heavy atom. The van der Waals surface area contributed by atoms with Crippen molar-refractivity contribution in [3.05, 3.63) is 81.4 Å². The van der Waals surface area contributed by atoms with Gasteiger partial charge in [0.2, 0.25) is 0 Å². The number of hydrogen-bond donors (Lipinski definition) is 0. The van der Waals surface area contributed by atoms with Gasteiger partial charge in [-0.15, -0.1) is 5.10 Å². The number of aromatic nitrogens is 3. The van der Waals surface area contributed by atoms with E-state index in [0.717, 1.165) is 0 Å². The van der Waals surface area contributed by atoms with E-state index in [9.17, 15) is 19.3 Å². The lowest BCUT2D eigenvalue weighted by Gasteiger charge is -2.25. The molecule has 8 nitrogen and oxygen atoms in total. The van der Waals surface area contributed by atoms with Crippen molar-refractivity contribution in [1.82, 2.24) is 19.9 Å². The second-order valence-corrected chi connectivity index (χ2v) is 6.33. The first-order chi connectivity index (χ1) is 13.3. The highest BCUT2D eigenvalue weighted by atomic mass is 19.1. The van der Waals surface area contributed by atoms with E-state index in [1.807, 2.05) is 0 Å². The molecule has 0 aliphatic heterocycles. The van der Waals surface area contributed by atoms with Gasteiger partial charge in [-0.3, -0.25) is 14.9 Å². The summed E-state index contributed by atoms with van der Waals surface area (Å²) >= 11 is 0. The van der Waals surface area contributed by atoms with E-state index in [-0.39, 0.29) is 11.4 Å². The summed E-state index contributed by atoms with van der Waals surface area (Å²) in [6.45, 7) is 3.37. The van der Waals surface area contributed by atoms with Crippen LogP contribution in [0.1, 0.15) is 34.7 Å². The average Bonchev–Trinajstić information content (AvgIpc) is 3.08. The maximum absolute atomic E-state index is 14.0. The third-order valence-corrected chi connectivity index (χ3v) is 4.64. The molecular weight excluding hydrogens is 365 g/mol. The first-order valence-electron chi connectivity index (χ1n) is 8.50.